The number of rotatable bonds is 6. The van der Waals surface area contributed by atoms with Crippen molar-refractivity contribution in [2.45, 2.75) is 19.4 Å². The van der Waals surface area contributed by atoms with Gasteiger partial charge in [0.15, 0.2) is 11.5 Å². The lowest BCUT2D eigenvalue weighted by molar-refractivity contribution is 0.241. The molecule has 0 aliphatic rings. The third-order valence-electron chi connectivity index (χ3n) is 3.88. The number of nitrogens with one attached hydrogen (secondary N) is 2. The zero-order valence-electron chi connectivity index (χ0n) is 15.2. The van der Waals surface area contributed by atoms with Crippen LogP contribution in [0.15, 0.2) is 42.5 Å². The second-order valence-corrected chi connectivity index (χ2v) is 6.00. The molecule has 0 saturated carbocycles. The standard InChI is InChI=1S/C19H24N2O4/c1-19(2,13-6-11-16(24-4)17(12-13)25-5)21-18(22)20-14-7-9-15(23-3)10-8-14/h6-12H,1-5H3,(H2,20,21,22). The first kappa shape index (κ1) is 18.4. The van der Waals surface area contributed by atoms with Crippen molar-refractivity contribution in [2.75, 3.05) is 26.6 Å². The minimum absolute atomic E-state index is 0.301. The fourth-order valence-corrected chi connectivity index (χ4v) is 2.42. The van der Waals surface area contributed by atoms with Crippen molar-refractivity contribution < 1.29 is 19.0 Å². The number of hydrogen-bond acceptors (Lipinski definition) is 4. The molecule has 0 spiro atoms. The molecule has 0 aliphatic heterocycles. The molecule has 6 nitrogen and oxygen atoms in total. The first-order valence-electron chi connectivity index (χ1n) is 7.85. The van der Waals surface area contributed by atoms with Crippen LogP contribution >= 0.6 is 0 Å². The Kier molecular flexibility index (Phi) is 5.75. The lowest BCUT2D eigenvalue weighted by Crippen LogP contribution is -2.43. The number of methoxy groups -OCH3 is 3. The Labute approximate surface area is 148 Å². The number of anilines is 1. The number of ether oxygens (including phenoxy) is 3. The van der Waals surface area contributed by atoms with Crippen LogP contribution in [0.4, 0.5) is 10.5 Å². The van der Waals surface area contributed by atoms with E-state index in [1.54, 1.807) is 45.6 Å². The smallest absolute Gasteiger partial charge is 0.319 e. The summed E-state index contributed by atoms with van der Waals surface area (Å²) in [6.45, 7) is 3.84. The van der Waals surface area contributed by atoms with E-state index in [4.69, 9.17) is 14.2 Å². The van der Waals surface area contributed by atoms with Crippen molar-refractivity contribution in [2.24, 2.45) is 0 Å². The van der Waals surface area contributed by atoms with Crippen molar-refractivity contribution in [3.05, 3.63) is 48.0 Å². The van der Waals surface area contributed by atoms with Gasteiger partial charge in [-0.3, -0.25) is 0 Å². The van der Waals surface area contributed by atoms with Gasteiger partial charge < -0.3 is 24.8 Å². The molecule has 0 radical (unpaired) electrons. The first-order valence-corrected chi connectivity index (χ1v) is 7.85. The maximum Gasteiger partial charge on any atom is 0.319 e. The van der Waals surface area contributed by atoms with E-state index in [1.807, 2.05) is 32.0 Å². The summed E-state index contributed by atoms with van der Waals surface area (Å²) in [6, 6.07) is 12.4. The highest BCUT2D eigenvalue weighted by Gasteiger charge is 2.24. The van der Waals surface area contributed by atoms with Gasteiger partial charge in [-0.15, -0.1) is 0 Å². The topological polar surface area (TPSA) is 68.8 Å². The number of hydrogen-bond donors (Lipinski definition) is 2. The van der Waals surface area contributed by atoms with E-state index in [9.17, 15) is 4.79 Å². The lowest BCUT2D eigenvalue weighted by Gasteiger charge is -2.27. The van der Waals surface area contributed by atoms with Gasteiger partial charge in [-0.2, -0.15) is 0 Å². The van der Waals surface area contributed by atoms with Crippen LogP contribution in [0.5, 0.6) is 17.2 Å². The second-order valence-electron chi connectivity index (χ2n) is 6.00. The first-order chi connectivity index (χ1) is 11.9. The predicted molar refractivity (Wildman–Crippen MR) is 97.7 cm³/mol. The Balaban J connectivity index is 2.09. The molecule has 25 heavy (non-hydrogen) atoms. The van der Waals surface area contributed by atoms with Crippen LogP contribution in [0, 0.1) is 0 Å². The van der Waals surface area contributed by atoms with Gasteiger partial charge in [0.25, 0.3) is 0 Å². The van der Waals surface area contributed by atoms with Gasteiger partial charge in [0.05, 0.1) is 26.9 Å². The molecule has 2 aromatic rings. The lowest BCUT2D eigenvalue weighted by atomic mass is 9.94. The quantitative estimate of drug-likeness (QED) is 0.837. The van der Waals surface area contributed by atoms with E-state index in [0.717, 1.165) is 11.3 Å². The number of carbonyl (C=O) groups is 1. The van der Waals surface area contributed by atoms with Gasteiger partial charge in [-0.1, -0.05) is 6.07 Å². The molecular weight excluding hydrogens is 320 g/mol. The van der Waals surface area contributed by atoms with E-state index in [2.05, 4.69) is 10.6 Å². The van der Waals surface area contributed by atoms with Crippen molar-refractivity contribution in [1.29, 1.82) is 0 Å². The molecule has 0 heterocycles. The minimum atomic E-state index is -0.601. The zero-order chi connectivity index (χ0) is 18.4. The molecule has 134 valence electrons. The van der Waals surface area contributed by atoms with Crippen LogP contribution in [0.2, 0.25) is 0 Å². The van der Waals surface area contributed by atoms with Gasteiger partial charge in [-0.05, 0) is 55.8 Å². The Morgan fingerprint density at radius 1 is 0.880 bits per heavy atom. The monoisotopic (exact) mass is 344 g/mol. The number of urea groups is 1. The van der Waals surface area contributed by atoms with Crippen LogP contribution in [0.3, 0.4) is 0 Å². The molecule has 0 fully saturated rings. The summed E-state index contributed by atoms with van der Waals surface area (Å²) < 4.78 is 15.7. The number of carbonyl (C=O) groups excluding carboxylic acids is 1. The highest BCUT2D eigenvalue weighted by atomic mass is 16.5. The molecule has 0 saturated heterocycles. The van der Waals surface area contributed by atoms with Gasteiger partial charge in [0.2, 0.25) is 0 Å². The summed E-state index contributed by atoms with van der Waals surface area (Å²) in [5, 5.41) is 5.77. The zero-order valence-corrected chi connectivity index (χ0v) is 15.2. The van der Waals surface area contributed by atoms with E-state index < -0.39 is 5.54 Å². The van der Waals surface area contributed by atoms with Crippen molar-refractivity contribution in [3.8, 4) is 17.2 Å². The summed E-state index contributed by atoms with van der Waals surface area (Å²) in [6.07, 6.45) is 0. The van der Waals surface area contributed by atoms with E-state index in [1.165, 1.54) is 0 Å². The third kappa shape index (κ3) is 4.56. The summed E-state index contributed by atoms with van der Waals surface area (Å²) in [5.74, 6) is 1.99. The predicted octanol–water partition coefficient (Wildman–Crippen LogP) is 3.77. The molecule has 2 rings (SSSR count). The maximum absolute atomic E-state index is 12.3. The summed E-state index contributed by atoms with van der Waals surface area (Å²) in [5.41, 5.74) is 0.979. The molecule has 2 aromatic carbocycles. The number of amides is 2. The Bertz CT molecular complexity index is 727. The molecule has 2 amide bonds. The SMILES string of the molecule is COc1ccc(NC(=O)NC(C)(C)c2ccc(OC)c(OC)c2)cc1. The van der Waals surface area contributed by atoms with Crippen LogP contribution in [0.25, 0.3) is 0 Å². The fraction of sp³-hybridized carbons (Fsp3) is 0.316. The minimum Gasteiger partial charge on any atom is -0.497 e. The average Bonchev–Trinajstić information content (AvgIpc) is 2.61. The molecular formula is C19H24N2O4. The molecule has 0 bridgehead atoms. The van der Waals surface area contributed by atoms with Gasteiger partial charge >= 0.3 is 6.03 Å². The van der Waals surface area contributed by atoms with E-state index in [0.29, 0.717) is 17.2 Å². The van der Waals surface area contributed by atoms with E-state index in [-0.39, 0.29) is 6.03 Å². The van der Waals surface area contributed by atoms with Crippen LogP contribution in [-0.4, -0.2) is 27.4 Å². The largest absolute Gasteiger partial charge is 0.497 e. The van der Waals surface area contributed by atoms with Gasteiger partial charge in [0.1, 0.15) is 5.75 Å². The second kappa shape index (κ2) is 7.79. The summed E-state index contributed by atoms with van der Waals surface area (Å²) in [4.78, 5) is 12.3. The molecule has 6 heteroatoms. The van der Waals surface area contributed by atoms with Crippen molar-refractivity contribution in [1.82, 2.24) is 5.32 Å². The molecule has 0 aromatic heterocycles. The average molecular weight is 344 g/mol. The van der Waals surface area contributed by atoms with Crippen LogP contribution in [0.1, 0.15) is 19.4 Å². The fourth-order valence-electron chi connectivity index (χ4n) is 2.42. The number of benzene rings is 2. The Morgan fingerprint density at radius 2 is 1.52 bits per heavy atom. The summed E-state index contributed by atoms with van der Waals surface area (Å²) in [7, 11) is 4.77. The maximum atomic E-state index is 12.3. The normalized spacial score (nSPS) is 10.8. The molecule has 0 unspecified atom stereocenters. The molecule has 0 aliphatic carbocycles. The van der Waals surface area contributed by atoms with Crippen LogP contribution in [-0.2, 0) is 5.54 Å². The third-order valence-corrected chi connectivity index (χ3v) is 3.88. The van der Waals surface area contributed by atoms with E-state index >= 15 is 0 Å². The van der Waals surface area contributed by atoms with Crippen LogP contribution < -0.4 is 24.8 Å². The molecule has 0 atom stereocenters. The highest BCUT2D eigenvalue weighted by molar-refractivity contribution is 5.89. The molecule has 2 N–H and O–H groups in total. The Morgan fingerprint density at radius 3 is 2.08 bits per heavy atom. The highest BCUT2D eigenvalue weighted by Crippen LogP contribution is 2.32. The van der Waals surface area contributed by atoms with Crippen molar-refractivity contribution >= 4 is 11.7 Å². The van der Waals surface area contributed by atoms with Gasteiger partial charge in [0, 0.05) is 5.69 Å². The van der Waals surface area contributed by atoms with Crippen molar-refractivity contribution in [3.63, 3.8) is 0 Å². The summed E-state index contributed by atoms with van der Waals surface area (Å²) >= 11 is 0. The van der Waals surface area contributed by atoms with Gasteiger partial charge in [-0.25, -0.2) is 4.79 Å². The Hall–Kier alpha value is -2.89.